The highest BCUT2D eigenvalue weighted by Crippen LogP contribution is 2.05. The number of thiocarbonyl (C=S) groups is 1. The normalized spacial score (nSPS) is 9.47. The number of rotatable bonds is 1. The minimum atomic E-state index is -0.469. The van der Waals surface area contributed by atoms with E-state index in [-0.39, 0.29) is 15.7 Å². The molecule has 0 aliphatic heterocycles. The topological polar surface area (TPSA) is 92.9 Å². The smallest absolute Gasteiger partial charge is 0.274 e. The van der Waals surface area contributed by atoms with Gasteiger partial charge in [-0.3, -0.25) is 15.6 Å². The molecule has 0 aliphatic carbocycles. The van der Waals surface area contributed by atoms with E-state index in [0.29, 0.717) is 5.82 Å². The lowest BCUT2D eigenvalue weighted by Gasteiger charge is -2.07. The van der Waals surface area contributed by atoms with Crippen LogP contribution in [0.5, 0.6) is 0 Å². The van der Waals surface area contributed by atoms with Crippen molar-refractivity contribution in [2.75, 3.05) is 5.73 Å². The van der Waals surface area contributed by atoms with Crippen molar-refractivity contribution < 1.29 is 4.79 Å². The van der Waals surface area contributed by atoms with E-state index in [4.69, 9.17) is 5.73 Å². The van der Waals surface area contributed by atoms with E-state index < -0.39 is 5.91 Å². The molecule has 0 unspecified atom stereocenters. The van der Waals surface area contributed by atoms with Gasteiger partial charge in [-0.05, 0) is 6.92 Å². The summed E-state index contributed by atoms with van der Waals surface area (Å²) >= 11 is 8.36. The van der Waals surface area contributed by atoms with Crippen LogP contribution in [0.4, 0.5) is 5.82 Å². The van der Waals surface area contributed by atoms with Crippen molar-refractivity contribution in [2.24, 2.45) is 0 Å². The predicted octanol–water partition coefficient (Wildman–Crippen LogP) is -0.184. The second-order valence-electron chi connectivity index (χ2n) is 2.60. The zero-order valence-electron chi connectivity index (χ0n) is 7.81. The fourth-order valence-electron chi connectivity index (χ4n) is 0.840. The first-order chi connectivity index (χ1) is 7.00. The number of hydrazine groups is 1. The lowest BCUT2D eigenvalue weighted by Crippen LogP contribution is -2.39. The lowest BCUT2D eigenvalue weighted by molar-refractivity contribution is 0.0945. The van der Waals surface area contributed by atoms with Crippen LogP contribution >= 0.6 is 24.8 Å². The van der Waals surface area contributed by atoms with Gasteiger partial charge >= 0.3 is 0 Å². The number of hydrogen-bond donors (Lipinski definition) is 4. The first kappa shape index (κ1) is 11.7. The number of nitrogen functional groups attached to an aromatic ring is 1. The number of carbonyl (C=O) groups is 1. The zero-order valence-corrected chi connectivity index (χ0v) is 9.52. The Hall–Kier alpha value is -1.41. The Bertz CT molecular complexity index is 408. The second-order valence-corrected chi connectivity index (χ2v) is 3.76. The number of anilines is 1. The Morgan fingerprint density at radius 1 is 1.60 bits per heavy atom. The minimum absolute atomic E-state index is 0.117. The van der Waals surface area contributed by atoms with Crippen molar-refractivity contribution in [1.82, 2.24) is 20.8 Å². The first-order valence-electron chi connectivity index (χ1n) is 3.89. The highest BCUT2D eigenvalue weighted by atomic mass is 32.1. The van der Waals surface area contributed by atoms with Crippen LogP contribution in [0.2, 0.25) is 0 Å². The van der Waals surface area contributed by atoms with Crippen LogP contribution in [0.3, 0.4) is 0 Å². The summed E-state index contributed by atoms with van der Waals surface area (Å²) in [5, 5.41) is 0. The number of nitrogens with zero attached hydrogens (tertiary/aromatic N) is 2. The summed E-state index contributed by atoms with van der Waals surface area (Å²) in [6.07, 6.45) is 1.34. The summed E-state index contributed by atoms with van der Waals surface area (Å²) in [4.78, 5) is 19.2. The van der Waals surface area contributed by atoms with Crippen LogP contribution in [0.15, 0.2) is 6.20 Å². The molecule has 0 spiro atoms. The summed E-state index contributed by atoms with van der Waals surface area (Å²) in [6, 6.07) is 0. The minimum Gasteiger partial charge on any atom is -0.383 e. The molecular weight excluding hydrogens is 234 g/mol. The summed E-state index contributed by atoms with van der Waals surface area (Å²) < 4.78 is 0.148. The van der Waals surface area contributed by atoms with Crippen LogP contribution in [-0.4, -0.2) is 20.2 Å². The van der Waals surface area contributed by atoms with Gasteiger partial charge in [-0.2, -0.15) is 0 Å². The Labute approximate surface area is 97.1 Å². The van der Waals surface area contributed by atoms with Gasteiger partial charge in [0.05, 0.1) is 0 Å². The van der Waals surface area contributed by atoms with Crippen LogP contribution in [0.1, 0.15) is 16.2 Å². The van der Waals surface area contributed by atoms with Gasteiger partial charge < -0.3 is 5.73 Å². The summed E-state index contributed by atoms with van der Waals surface area (Å²) in [5.41, 5.74) is 10.4. The molecule has 4 N–H and O–H groups in total. The fourth-order valence-corrected chi connectivity index (χ4v) is 0.947. The van der Waals surface area contributed by atoms with Gasteiger partial charge in [0.1, 0.15) is 21.5 Å². The molecule has 0 atom stereocenters. The summed E-state index contributed by atoms with van der Waals surface area (Å²) in [7, 11) is 0. The molecule has 15 heavy (non-hydrogen) atoms. The van der Waals surface area contributed by atoms with Crippen LogP contribution in [0, 0.1) is 6.92 Å². The SMILES string of the molecule is Cc1ncc(C(=O)NNC(=S)S)c(N)n1. The molecule has 0 bridgehead atoms. The number of aryl methyl sites for hydroxylation is 1. The number of carbonyl (C=O) groups excluding carboxylic acids is 1. The fraction of sp³-hybridized carbons (Fsp3) is 0.143. The third-order valence-electron chi connectivity index (χ3n) is 1.47. The van der Waals surface area contributed by atoms with Gasteiger partial charge in [0.25, 0.3) is 5.91 Å². The molecule has 0 saturated heterocycles. The molecule has 1 amide bonds. The standard InChI is InChI=1S/C7H9N5OS2/c1-3-9-2-4(5(8)10-3)6(13)11-12-7(14)15/h2H,1H3,(H,11,13)(H2,8,9,10)(H2,12,14,15). The van der Waals surface area contributed by atoms with Gasteiger partial charge in [0.2, 0.25) is 0 Å². The number of thiol groups is 1. The number of nitrogens with two attached hydrogens (primary N) is 1. The average molecular weight is 243 g/mol. The van der Waals surface area contributed by atoms with Gasteiger partial charge in [0, 0.05) is 6.20 Å². The third kappa shape index (κ3) is 3.33. The monoisotopic (exact) mass is 243 g/mol. The van der Waals surface area contributed by atoms with Gasteiger partial charge in [0.15, 0.2) is 0 Å². The highest BCUT2D eigenvalue weighted by Gasteiger charge is 2.10. The molecule has 0 fully saturated rings. The molecule has 1 aromatic heterocycles. The number of hydrogen-bond acceptors (Lipinski definition) is 5. The van der Waals surface area contributed by atoms with Crippen molar-refractivity contribution in [1.29, 1.82) is 0 Å². The summed E-state index contributed by atoms with van der Waals surface area (Å²) in [6.45, 7) is 1.68. The molecule has 1 rings (SSSR count). The highest BCUT2D eigenvalue weighted by molar-refractivity contribution is 8.11. The Morgan fingerprint density at radius 2 is 2.27 bits per heavy atom. The molecule has 8 heteroatoms. The summed E-state index contributed by atoms with van der Waals surface area (Å²) in [5.74, 6) is 0.150. The molecule has 80 valence electrons. The van der Waals surface area contributed by atoms with Gasteiger partial charge in [-0.25, -0.2) is 9.97 Å². The Kier molecular flexibility index (Phi) is 3.81. The van der Waals surface area contributed by atoms with E-state index in [9.17, 15) is 4.79 Å². The van der Waals surface area contributed by atoms with Crippen LogP contribution < -0.4 is 16.6 Å². The van der Waals surface area contributed by atoms with E-state index in [1.807, 2.05) is 0 Å². The molecule has 0 aliphatic rings. The number of aromatic nitrogens is 2. The molecule has 0 aromatic carbocycles. The second kappa shape index (κ2) is 4.89. The quantitative estimate of drug-likeness (QED) is 0.310. The van der Waals surface area contributed by atoms with E-state index >= 15 is 0 Å². The van der Waals surface area contributed by atoms with E-state index in [0.717, 1.165) is 0 Å². The van der Waals surface area contributed by atoms with Crippen molar-refractivity contribution in [2.45, 2.75) is 6.92 Å². The first-order valence-corrected chi connectivity index (χ1v) is 4.74. The lowest BCUT2D eigenvalue weighted by atomic mass is 10.3. The van der Waals surface area contributed by atoms with E-state index in [1.165, 1.54) is 6.20 Å². The van der Waals surface area contributed by atoms with Crippen molar-refractivity contribution in [3.05, 3.63) is 17.6 Å². The third-order valence-corrected chi connectivity index (χ3v) is 1.68. The van der Waals surface area contributed by atoms with Crippen molar-refractivity contribution in [3.63, 3.8) is 0 Å². The zero-order chi connectivity index (χ0) is 11.4. The largest absolute Gasteiger partial charge is 0.383 e. The molecule has 6 nitrogen and oxygen atoms in total. The maximum atomic E-state index is 11.5. The van der Waals surface area contributed by atoms with Crippen LogP contribution in [-0.2, 0) is 0 Å². The number of amides is 1. The molecule has 1 heterocycles. The maximum Gasteiger partial charge on any atom is 0.274 e. The van der Waals surface area contributed by atoms with E-state index in [1.54, 1.807) is 6.92 Å². The average Bonchev–Trinajstić information content (AvgIpc) is 2.14. The molecule has 0 radical (unpaired) electrons. The van der Waals surface area contributed by atoms with Gasteiger partial charge in [-0.15, -0.1) is 12.6 Å². The number of nitrogens with one attached hydrogen (secondary N) is 2. The molecule has 0 saturated carbocycles. The van der Waals surface area contributed by atoms with Crippen LogP contribution in [0.25, 0.3) is 0 Å². The Balaban J connectivity index is 2.78. The van der Waals surface area contributed by atoms with Gasteiger partial charge in [-0.1, -0.05) is 12.2 Å². The predicted molar refractivity (Wildman–Crippen MR) is 63.4 cm³/mol. The molecular formula is C7H9N5OS2. The maximum absolute atomic E-state index is 11.5. The molecule has 1 aromatic rings. The van der Waals surface area contributed by atoms with Crippen molar-refractivity contribution in [3.8, 4) is 0 Å². The van der Waals surface area contributed by atoms with E-state index in [2.05, 4.69) is 45.7 Å². The Morgan fingerprint density at radius 3 is 2.80 bits per heavy atom. The van der Waals surface area contributed by atoms with Crippen molar-refractivity contribution >= 4 is 40.9 Å².